The molecule has 0 unspecified atom stereocenters. The standard InChI is InChI=1S/C34H40N4O6S/c1-4-38-30(24-36-19-10-20-37(22-21-36)45(41,42)29-17-15-25(3)16-18-29)31(33(39)43-5-2)32(35-34(38)40)26-11-9-14-28(23-26)44-27-12-7-6-8-13-27/h6-9,11-18,23,32H,4-5,10,19-22,24H2,1-3H3,(H,35,40)/t32-/m0/s1. The van der Waals surface area contributed by atoms with E-state index in [-0.39, 0.29) is 24.1 Å². The number of para-hydroxylation sites is 1. The van der Waals surface area contributed by atoms with Gasteiger partial charge in [-0.3, -0.25) is 9.80 Å². The van der Waals surface area contributed by atoms with Crippen molar-refractivity contribution < 1.29 is 27.5 Å². The molecule has 0 aromatic heterocycles. The Bertz CT molecular complexity index is 1640. The smallest absolute Gasteiger partial charge is 0.338 e. The zero-order valence-corrected chi connectivity index (χ0v) is 26.8. The second kappa shape index (κ2) is 14.3. The summed E-state index contributed by atoms with van der Waals surface area (Å²) >= 11 is 0. The molecule has 238 valence electrons. The van der Waals surface area contributed by atoms with Gasteiger partial charge in [-0.1, -0.05) is 48.0 Å². The molecule has 5 rings (SSSR count). The van der Waals surface area contributed by atoms with Gasteiger partial charge in [-0.25, -0.2) is 18.0 Å². The Labute approximate surface area is 265 Å². The summed E-state index contributed by atoms with van der Waals surface area (Å²) in [6.07, 6.45) is 0.605. The van der Waals surface area contributed by atoms with Crippen molar-refractivity contribution in [3.63, 3.8) is 0 Å². The number of sulfonamides is 1. The number of rotatable bonds is 10. The molecule has 2 amide bonds. The van der Waals surface area contributed by atoms with Crippen molar-refractivity contribution in [2.75, 3.05) is 45.9 Å². The lowest BCUT2D eigenvalue weighted by molar-refractivity contribution is -0.139. The fourth-order valence-corrected chi connectivity index (χ4v) is 7.18. The highest BCUT2D eigenvalue weighted by Crippen LogP contribution is 2.34. The summed E-state index contributed by atoms with van der Waals surface area (Å²) in [4.78, 5) is 31.0. The molecule has 1 saturated heterocycles. The van der Waals surface area contributed by atoms with Crippen molar-refractivity contribution in [1.82, 2.24) is 19.4 Å². The van der Waals surface area contributed by atoms with Crippen molar-refractivity contribution >= 4 is 22.0 Å². The van der Waals surface area contributed by atoms with Crippen molar-refractivity contribution in [2.24, 2.45) is 0 Å². The maximum atomic E-state index is 13.6. The van der Waals surface area contributed by atoms with Gasteiger partial charge in [0.25, 0.3) is 0 Å². The Kier molecular flexibility index (Phi) is 10.2. The third-order valence-electron chi connectivity index (χ3n) is 8.00. The average molecular weight is 633 g/mol. The number of amides is 2. The normalized spacial score (nSPS) is 18.3. The first-order valence-corrected chi connectivity index (χ1v) is 16.8. The molecular formula is C34H40N4O6S. The summed E-state index contributed by atoms with van der Waals surface area (Å²) in [5.41, 5.74) is 2.57. The van der Waals surface area contributed by atoms with E-state index in [2.05, 4.69) is 10.2 Å². The zero-order valence-electron chi connectivity index (χ0n) is 25.9. The number of esters is 1. The summed E-state index contributed by atoms with van der Waals surface area (Å²) in [6, 6.07) is 22.5. The number of hydrogen-bond donors (Lipinski definition) is 1. The quantitative estimate of drug-likeness (QED) is 0.311. The van der Waals surface area contributed by atoms with E-state index in [1.165, 1.54) is 4.31 Å². The SMILES string of the molecule is CCOC(=O)C1=C(CN2CCCN(S(=O)(=O)c3ccc(C)cc3)CC2)N(CC)C(=O)N[C@H]1c1cccc(Oc2ccccc2)c1. The Morgan fingerprint density at radius 1 is 0.911 bits per heavy atom. The van der Waals surface area contributed by atoms with Crippen LogP contribution in [0.15, 0.2) is 95.0 Å². The average Bonchev–Trinajstić information content (AvgIpc) is 3.28. The summed E-state index contributed by atoms with van der Waals surface area (Å²) in [5.74, 6) is 0.725. The molecule has 0 bridgehead atoms. The lowest BCUT2D eigenvalue weighted by atomic mass is 9.94. The van der Waals surface area contributed by atoms with Gasteiger partial charge in [0.1, 0.15) is 11.5 Å². The number of carbonyl (C=O) groups is 2. The van der Waals surface area contributed by atoms with E-state index >= 15 is 0 Å². The van der Waals surface area contributed by atoms with Crippen LogP contribution in [0, 0.1) is 6.92 Å². The minimum Gasteiger partial charge on any atom is -0.463 e. The maximum absolute atomic E-state index is 13.6. The molecule has 3 aromatic carbocycles. The van der Waals surface area contributed by atoms with E-state index in [0.29, 0.717) is 67.5 Å². The lowest BCUT2D eigenvalue weighted by Gasteiger charge is -2.38. The number of hydrogen-bond acceptors (Lipinski definition) is 7. The van der Waals surface area contributed by atoms with Crippen molar-refractivity contribution in [1.29, 1.82) is 0 Å². The number of likely N-dealkylation sites (N-methyl/N-ethyl adjacent to an activating group) is 1. The van der Waals surface area contributed by atoms with Crippen LogP contribution in [0.25, 0.3) is 0 Å². The molecule has 2 aliphatic heterocycles. The van der Waals surface area contributed by atoms with E-state index in [4.69, 9.17) is 9.47 Å². The van der Waals surface area contributed by atoms with Gasteiger partial charge in [0.05, 0.1) is 23.1 Å². The molecule has 1 N–H and O–H groups in total. The highest BCUT2D eigenvalue weighted by molar-refractivity contribution is 7.89. The first-order valence-electron chi connectivity index (χ1n) is 15.3. The topological polar surface area (TPSA) is 108 Å². The lowest BCUT2D eigenvalue weighted by Crippen LogP contribution is -2.51. The van der Waals surface area contributed by atoms with Gasteiger partial charge >= 0.3 is 12.0 Å². The van der Waals surface area contributed by atoms with Gasteiger partial charge in [-0.15, -0.1) is 0 Å². The molecule has 0 saturated carbocycles. The van der Waals surface area contributed by atoms with Crippen LogP contribution in [0.3, 0.4) is 0 Å². The van der Waals surface area contributed by atoms with Crippen molar-refractivity contribution in [2.45, 2.75) is 38.1 Å². The van der Waals surface area contributed by atoms with Gasteiger partial charge in [0, 0.05) is 38.4 Å². The second-order valence-electron chi connectivity index (χ2n) is 11.0. The van der Waals surface area contributed by atoms with Gasteiger partial charge < -0.3 is 14.8 Å². The highest BCUT2D eigenvalue weighted by atomic mass is 32.2. The largest absolute Gasteiger partial charge is 0.463 e. The number of urea groups is 1. The molecule has 11 heteroatoms. The van der Waals surface area contributed by atoms with E-state index in [0.717, 1.165) is 5.56 Å². The summed E-state index contributed by atoms with van der Waals surface area (Å²) < 4.78 is 39.9. The fraction of sp³-hybridized carbons (Fsp3) is 0.353. The first kappa shape index (κ1) is 32.2. The molecule has 10 nitrogen and oxygen atoms in total. The Morgan fingerprint density at radius 2 is 1.64 bits per heavy atom. The number of nitrogens with zero attached hydrogens (tertiary/aromatic N) is 3. The molecule has 45 heavy (non-hydrogen) atoms. The van der Waals surface area contributed by atoms with E-state index < -0.39 is 22.0 Å². The Balaban J connectivity index is 1.44. The Hall–Kier alpha value is -4.19. The number of carbonyl (C=O) groups excluding carboxylic acids is 2. The summed E-state index contributed by atoms with van der Waals surface area (Å²) in [6.45, 7) is 8.04. The van der Waals surface area contributed by atoms with Gasteiger partial charge in [-0.05, 0) is 75.7 Å². The van der Waals surface area contributed by atoms with Crippen LogP contribution in [0.5, 0.6) is 11.5 Å². The molecule has 0 spiro atoms. The zero-order chi connectivity index (χ0) is 32.0. The summed E-state index contributed by atoms with van der Waals surface area (Å²) in [5, 5.41) is 3.01. The number of ether oxygens (including phenoxy) is 2. The van der Waals surface area contributed by atoms with Gasteiger partial charge in [0.15, 0.2) is 0 Å². The molecule has 0 aliphatic carbocycles. The molecule has 2 aliphatic rings. The van der Waals surface area contributed by atoms with Crippen LogP contribution in [0.2, 0.25) is 0 Å². The highest BCUT2D eigenvalue weighted by Gasteiger charge is 2.39. The van der Waals surface area contributed by atoms with Crippen LogP contribution < -0.4 is 10.1 Å². The van der Waals surface area contributed by atoms with Gasteiger partial charge in [0.2, 0.25) is 10.0 Å². The number of benzene rings is 3. The van der Waals surface area contributed by atoms with Gasteiger partial charge in [-0.2, -0.15) is 4.31 Å². The molecule has 0 radical (unpaired) electrons. The van der Waals surface area contributed by atoms with Crippen LogP contribution in [-0.4, -0.2) is 80.4 Å². The van der Waals surface area contributed by atoms with Crippen LogP contribution in [0.4, 0.5) is 4.79 Å². The fourth-order valence-electron chi connectivity index (χ4n) is 5.71. The van der Waals surface area contributed by atoms with Crippen molar-refractivity contribution in [3.05, 3.63) is 101 Å². The predicted octanol–water partition coefficient (Wildman–Crippen LogP) is 5.09. The Morgan fingerprint density at radius 3 is 2.36 bits per heavy atom. The summed E-state index contributed by atoms with van der Waals surface area (Å²) in [7, 11) is -3.65. The van der Waals surface area contributed by atoms with E-state index in [9.17, 15) is 18.0 Å². The van der Waals surface area contributed by atoms with Crippen molar-refractivity contribution in [3.8, 4) is 11.5 Å². The first-order chi connectivity index (χ1) is 21.7. The number of nitrogens with one attached hydrogen (secondary N) is 1. The maximum Gasteiger partial charge on any atom is 0.338 e. The monoisotopic (exact) mass is 632 g/mol. The van der Waals surface area contributed by atoms with Crippen LogP contribution >= 0.6 is 0 Å². The molecular weight excluding hydrogens is 592 g/mol. The molecule has 1 fully saturated rings. The number of aryl methyl sites for hydroxylation is 1. The van der Waals surface area contributed by atoms with E-state index in [1.54, 1.807) is 36.1 Å². The molecule has 1 atom stereocenters. The van der Waals surface area contributed by atoms with E-state index in [1.807, 2.05) is 68.4 Å². The predicted molar refractivity (Wildman–Crippen MR) is 171 cm³/mol. The van der Waals surface area contributed by atoms with Crippen LogP contribution in [-0.2, 0) is 19.6 Å². The second-order valence-corrected chi connectivity index (χ2v) is 13.0. The van der Waals surface area contributed by atoms with Crippen LogP contribution in [0.1, 0.15) is 37.4 Å². The molecule has 3 aromatic rings. The third kappa shape index (κ3) is 7.38. The minimum absolute atomic E-state index is 0.176. The molecule has 2 heterocycles. The third-order valence-corrected chi connectivity index (χ3v) is 9.91. The minimum atomic E-state index is -3.65.